The number of nitrogens with two attached hydrogens (primary N) is 1. The van der Waals surface area contributed by atoms with E-state index in [1.165, 1.54) is 6.42 Å². The molecule has 2 N–H and O–H groups in total. The molecule has 3 rings (SSSR count). The maximum Gasteiger partial charge on any atom is 0.167 e. The first-order chi connectivity index (χ1) is 9.35. The fraction of sp³-hybridized carbons (Fsp3) is 0.400. The van der Waals surface area contributed by atoms with Gasteiger partial charge < -0.3 is 10.3 Å². The van der Waals surface area contributed by atoms with Gasteiger partial charge in [-0.15, -0.1) is 0 Å². The molecule has 0 amide bonds. The molecule has 0 saturated carbocycles. The molecule has 1 saturated heterocycles. The van der Waals surface area contributed by atoms with Crippen LogP contribution in [-0.4, -0.2) is 29.7 Å². The van der Waals surface area contributed by atoms with E-state index in [-0.39, 0.29) is 0 Å². The third-order valence-corrected chi connectivity index (χ3v) is 3.71. The van der Waals surface area contributed by atoms with E-state index < -0.39 is 0 Å². The topological polar surface area (TPSA) is 55.3 Å². The van der Waals surface area contributed by atoms with Crippen molar-refractivity contribution in [3.63, 3.8) is 0 Å². The van der Waals surface area contributed by atoms with Gasteiger partial charge in [-0.05, 0) is 25.4 Å². The Morgan fingerprint density at radius 2 is 2.16 bits per heavy atom. The molecular weight excluding hydrogens is 238 g/mol. The van der Waals surface area contributed by atoms with Crippen LogP contribution < -0.4 is 5.73 Å². The minimum absolute atomic E-state index is 0.639. The third kappa shape index (κ3) is 2.85. The van der Waals surface area contributed by atoms with Gasteiger partial charge in [-0.2, -0.15) is 0 Å². The summed E-state index contributed by atoms with van der Waals surface area (Å²) in [4.78, 5) is 2.39. The van der Waals surface area contributed by atoms with Gasteiger partial charge in [0, 0.05) is 24.7 Å². The average molecular weight is 257 g/mol. The molecule has 1 aliphatic rings. The van der Waals surface area contributed by atoms with E-state index >= 15 is 0 Å². The number of likely N-dealkylation sites (tertiary alicyclic amines) is 1. The molecule has 0 aliphatic carbocycles. The molecule has 0 bridgehead atoms. The molecule has 100 valence electrons. The Morgan fingerprint density at radius 3 is 2.89 bits per heavy atom. The number of hydrogen-bond acceptors (Lipinski definition) is 4. The van der Waals surface area contributed by atoms with Gasteiger partial charge in [0.25, 0.3) is 0 Å². The van der Waals surface area contributed by atoms with E-state index in [2.05, 4.69) is 10.1 Å². The van der Waals surface area contributed by atoms with Gasteiger partial charge in [0.15, 0.2) is 5.76 Å². The number of aromatic nitrogens is 1. The summed E-state index contributed by atoms with van der Waals surface area (Å²) >= 11 is 0. The van der Waals surface area contributed by atoms with Crippen molar-refractivity contribution in [1.29, 1.82) is 0 Å². The summed E-state index contributed by atoms with van der Waals surface area (Å²) in [7, 11) is 0. The van der Waals surface area contributed by atoms with E-state index in [0.29, 0.717) is 5.92 Å². The molecule has 1 unspecified atom stereocenters. The fourth-order valence-corrected chi connectivity index (χ4v) is 2.60. The first kappa shape index (κ1) is 12.4. The van der Waals surface area contributed by atoms with Gasteiger partial charge in [0.2, 0.25) is 0 Å². The minimum atomic E-state index is 0.639. The highest BCUT2D eigenvalue weighted by Crippen LogP contribution is 2.22. The zero-order valence-corrected chi connectivity index (χ0v) is 11.0. The first-order valence-corrected chi connectivity index (χ1v) is 6.78. The van der Waals surface area contributed by atoms with Crippen LogP contribution in [0.15, 0.2) is 40.9 Å². The Kier molecular flexibility index (Phi) is 3.62. The van der Waals surface area contributed by atoms with Crippen LogP contribution in [0.2, 0.25) is 0 Å². The van der Waals surface area contributed by atoms with Crippen molar-refractivity contribution >= 4 is 0 Å². The van der Waals surface area contributed by atoms with Gasteiger partial charge >= 0.3 is 0 Å². The standard InChI is InChI=1S/C15H19N3O/c16-9-12-6-7-18(10-12)11-14-8-15(19-17-14)13-4-2-1-3-5-13/h1-5,8,12H,6-7,9-11,16H2. The second kappa shape index (κ2) is 5.55. The highest BCUT2D eigenvalue weighted by molar-refractivity contribution is 5.56. The molecule has 2 aromatic rings. The van der Waals surface area contributed by atoms with Gasteiger partial charge in [-0.1, -0.05) is 35.5 Å². The zero-order valence-electron chi connectivity index (χ0n) is 11.0. The summed E-state index contributed by atoms with van der Waals surface area (Å²) in [5.41, 5.74) is 7.78. The van der Waals surface area contributed by atoms with Crippen molar-refractivity contribution in [3.05, 3.63) is 42.1 Å². The highest BCUT2D eigenvalue weighted by atomic mass is 16.5. The predicted molar refractivity (Wildman–Crippen MR) is 74.4 cm³/mol. The summed E-state index contributed by atoms with van der Waals surface area (Å²) in [6.07, 6.45) is 1.19. The lowest BCUT2D eigenvalue weighted by atomic mass is 10.1. The van der Waals surface area contributed by atoms with Crippen molar-refractivity contribution in [3.8, 4) is 11.3 Å². The first-order valence-electron chi connectivity index (χ1n) is 6.78. The summed E-state index contributed by atoms with van der Waals surface area (Å²) in [6, 6.07) is 12.1. The van der Waals surface area contributed by atoms with E-state index in [9.17, 15) is 0 Å². The second-order valence-electron chi connectivity index (χ2n) is 5.17. The Morgan fingerprint density at radius 1 is 1.32 bits per heavy atom. The lowest BCUT2D eigenvalue weighted by Crippen LogP contribution is -2.22. The van der Waals surface area contributed by atoms with E-state index in [0.717, 1.165) is 43.2 Å². The fourth-order valence-electron chi connectivity index (χ4n) is 2.60. The lowest BCUT2D eigenvalue weighted by Gasteiger charge is -2.12. The van der Waals surface area contributed by atoms with Crippen molar-refractivity contribution in [2.45, 2.75) is 13.0 Å². The molecule has 2 heterocycles. The smallest absolute Gasteiger partial charge is 0.167 e. The maximum atomic E-state index is 5.71. The number of hydrogen-bond donors (Lipinski definition) is 1. The molecule has 1 aliphatic heterocycles. The van der Waals surface area contributed by atoms with Gasteiger partial charge in [0.1, 0.15) is 0 Å². The second-order valence-corrected chi connectivity index (χ2v) is 5.17. The molecule has 1 aromatic heterocycles. The van der Waals surface area contributed by atoms with E-state index in [1.807, 2.05) is 36.4 Å². The minimum Gasteiger partial charge on any atom is -0.356 e. The van der Waals surface area contributed by atoms with Crippen molar-refractivity contribution in [1.82, 2.24) is 10.1 Å². The quantitative estimate of drug-likeness (QED) is 0.911. The van der Waals surface area contributed by atoms with Gasteiger partial charge in [0.05, 0.1) is 5.69 Å². The van der Waals surface area contributed by atoms with Crippen LogP contribution in [0.1, 0.15) is 12.1 Å². The SMILES string of the molecule is NCC1CCN(Cc2cc(-c3ccccc3)on2)C1. The maximum absolute atomic E-state index is 5.71. The van der Waals surface area contributed by atoms with Crippen LogP contribution in [0.3, 0.4) is 0 Å². The summed E-state index contributed by atoms with van der Waals surface area (Å²) in [5, 5.41) is 4.16. The Labute approximate surface area is 113 Å². The summed E-state index contributed by atoms with van der Waals surface area (Å²) in [5.74, 6) is 1.48. The van der Waals surface area contributed by atoms with Crippen LogP contribution >= 0.6 is 0 Å². The van der Waals surface area contributed by atoms with Crippen LogP contribution in [0.4, 0.5) is 0 Å². The molecule has 0 radical (unpaired) electrons. The van der Waals surface area contributed by atoms with Crippen molar-refractivity contribution < 1.29 is 4.52 Å². The lowest BCUT2D eigenvalue weighted by molar-refractivity contribution is 0.304. The number of rotatable bonds is 4. The monoisotopic (exact) mass is 257 g/mol. The predicted octanol–water partition coefficient (Wildman–Crippen LogP) is 2.12. The Balaban J connectivity index is 1.66. The summed E-state index contributed by atoms with van der Waals surface area (Å²) in [6.45, 7) is 3.82. The molecule has 1 atom stereocenters. The number of benzene rings is 1. The van der Waals surface area contributed by atoms with Crippen LogP contribution in [0.5, 0.6) is 0 Å². The molecular formula is C15H19N3O. The van der Waals surface area contributed by atoms with E-state index in [4.69, 9.17) is 10.3 Å². The zero-order chi connectivity index (χ0) is 13.1. The molecule has 19 heavy (non-hydrogen) atoms. The largest absolute Gasteiger partial charge is 0.356 e. The van der Waals surface area contributed by atoms with Gasteiger partial charge in [-0.25, -0.2) is 0 Å². The molecule has 0 spiro atoms. The molecule has 1 fully saturated rings. The number of nitrogens with zero attached hydrogens (tertiary/aromatic N) is 2. The van der Waals surface area contributed by atoms with Crippen molar-refractivity contribution in [2.24, 2.45) is 11.7 Å². The normalized spacial score (nSPS) is 19.9. The molecule has 1 aromatic carbocycles. The Hall–Kier alpha value is -1.65. The van der Waals surface area contributed by atoms with Crippen LogP contribution in [0, 0.1) is 5.92 Å². The van der Waals surface area contributed by atoms with Crippen molar-refractivity contribution in [2.75, 3.05) is 19.6 Å². The van der Waals surface area contributed by atoms with Gasteiger partial charge in [-0.3, -0.25) is 4.90 Å². The van der Waals surface area contributed by atoms with Crippen LogP contribution in [0.25, 0.3) is 11.3 Å². The Bertz CT molecular complexity index is 523. The molecule has 4 nitrogen and oxygen atoms in total. The average Bonchev–Trinajstić information content (AvgIpc) is 3.09. The summed E-state index contributed by atoms with van der Waals surface area (Å²) < 4.78 is 5.41. The third-order valence-electron chi connectivity index (χ3n) is 3.71. The van der Waals surface area contributed by atoms with Crippen LogP contribution in [-0.2, 0) is 6.54 Å². The highest BCUT2D eigenvalue weighted by Gasteiger charge is 2.22. The van der Waals surface area contributed by atoms with E-state index in [1.54, 1.807) is 0 Å². The molecule has 4 heteroatoms.